The Kier molecular flexibility index (Phi) is 3.14. The highest BCUT2D eigenvalue weighted by Gasteiger charge is 2.46. The van der Waals surface area contributed by atoms with Crippen LogP contribution in [0.5, 0.6) is 11.5 Å². The maximum Gasteiger partial charge on any atom is 0.410 e. The lowest BCUT2D eigenvalue weighted by molar-refractivity contribution is -0.173. The normalized spacial score (nSPS) is 23.1. The van der Waals surface area contributed by atoms with Crippen LogP contribution in [0.4, 0.5) is 19.0 Å². The molecule has 4 rings (SSSR count). The van der Waals surface area contributed by atoms with Crippen molar-refractivity contribution < 1.29 is 22.6 Å². The van der Waals surface area contributed by atoms with Crippen molar-refractivity contribution in [2.75, 3.05) is 18.5 Å². The topological polar surface area (TPSA) is 48.3 Å². The van der Waals surface area contributed by atoms with Crippen molar-refractivity contribution in [3.63, 3.8) is 0 Å². The predicted molar refractivity (Wildman–Crippen MR) is 75.7 cm³/mol. The third-order valence-electron chi connectivity index (χ3n) is 4.09. The van der Waals surface area contributed by atoms with Gasteiger partial charge in [-0.3, -0.25) is 0 Å². The van der Waals surface area contributed by atoms with Crippen molar-refractivity contribution in [1.82, 2.24) is 9.78 Å². The van der Waals surface area contributed by atoms with E-state index in [9.17, 15) is 13.2 Å². The Hall–Kier alpha value is -2.38. The molecule has 0 saturated heterocycles. The van der Waals surface area contributed by atoms with Crippen LogP contribution in [0, 0.1) is 0 Å². The molecule has 122 valence electrons. The second kappa shape index (κ2) is 5.07. The molecule has 1 N–H and O–H groups in total. The summed E-state index contributed by atoms with van der Waals surface area (Å²) in [5.74, 6) is 1.55. The monoisotopic (exact) mass is 325 g/mol. The molecule has 0 spiro atoms. The fraction of sp³-hybridized carbons (Fsp3) is 0.400. The third kappa shape index (κ3) is 2.47. The van der Waals surface area contributed by atoms with Crippen molar-refractivity contribution in [1.29, 1.82) is 0 Å². The van der Waals surface area contributed by atoms with E-state index >= 15 is 0 Å². The number of nitrogens with zero attached hydrogens (tertiary/aromatic N) is 2. The van der Waals surface area contributed by atoms with Gasteiger partial charge in [0.15, 0.2) is 17.5 Å². The van der Waals surface area contributed by atoms with Gasteiger partial charge in [-0.2, -0.15) is 18.3 Å². The van der Waals surface area contributed by atoms with E-state index in [2.05, 4.69) is 10.4 Å². The lowest BCUT2D eigenvalue weighted by atomic mass is 9.96. The van der Waals surface area contributed by atoms with E-state index in [0.717, 1.165) is 10.2 Å². The molecule has 0 fully saturated rings. The number of hydrogen-bond acceptors (Lipinski definition) is 4. The molecular weight excluding hydrogens is 311 g/mol. The van der Waals surface area contributed by atoms with Crippen molar-refractivity contribution in [2.24, 2.45) is 0 Å². The number of anilines is 1. The van der Waals surface area contributed by atoms with Gasteiger partial charge in [0, 0.05) is 12.5 Å². The van der Waals surface area contributed by atoms with E-state index in [0.29, 0.717) is 30.5 Å². The number of alkyl halides is 3. The van der Waals surface area contributed by atoms with E-state index in [-0.39, 0.29) is 6.42 Å². The van der Waals surface area contributed by atoms with Gasteiger partial charge < -0.3 is 14.8 Å². The summed E-state index contributed by atoms with van der Waals surface area (Å²) in [6, 6.07) is 4.67. The Bertz CT molecular complexity index is 729. The summed E-state index contributed by atoms with van der Waals surface area (Å²) in [5.41, 5.74) is 0.732. The van der Waals surface area contributed by atoms with E-state index in [1.807, 2.05) is 0 Å². The van der Waals surface area contributed by atoms with Gasteiger partial charge in [0.05, 0.1) is 12.2 Å². The van der Waals surface area contributed by atoms with E-state index in [1.54, 1.807) is 24.3 Å². The molecule has 2 aliphatic rings. The molecule has 2 aromatic rings. The Morgan fingerprint density at radius 1 is 1.13 bits per heavy atom. The van der Waals surface area contributed by atoms with Gasteiger partial charge in [0.1, 0.15) is 19.0 Å². The first-order valence-corrected chi connectivity index (χ1v) is 7.29. The molecule has 23 heavy (non-hydrogen) atoms. The molecule has 2 aliphatic heterocycles. The first-order valence-electron chi connectivity index (χ1n) is 7.29. The summed E-state index contributed by atoms with van der Waals surface area (Å²) in [5, 5.41) is 6.90. The summed E-state index contributed by atoms with van der Waals surface area (Å²) in [7, 11) is 0. The average Bonchev–Trinajstić information content (AvgIpc) is 3.00. The molecule has 2 atom stereocenters. The maximum atomic E-state index is 13.3. The van der Waals surface area contributed by atoms with Gasteiger partial charge in [-0.05, 0) is 17.7 Å². The third-order valence-corrected chi connectivity index (χ3v) is 4.09. The Labute approximate surface area is 130 Å². The van der Waals surface area contributed by atoms with Crippen molar-refractivity contribution >= 4 is 5.82 Å². The highest BCUT2D eigenvalue weighted by molar-refractivity contribution is 5.48. The molecule has 0 bridgehead atoms. The highest BCUT2D eigenvalue weighted by atomic mass is 19.4. The number of ether oxygens (including phenoxy) is 2. The van der Waals surface area contributed by atoms with Crippen LogP contribution in [0.15, 0.2) is 30.5 Å². The zero-order valence-electron chi connectivity index (χ0n) is 12.0. The fourth-order valence-corrected chi connectivity index (χ4v) is 3.01. The zero-order chi connectivity index (χ0) is 16.0. The Balaban J connectivity index is 1.68. The van der Waals surface area contributed by atoms with Crippen molar-refractivity contribution in [3.05, 3.63) is 36.0 Å². The summed E-state index contributed by atoms with van der Waals surface area (Å²) < 4.78 is 51.9. The van der Waals surface area contributed by atoms with Gasteiger partial charge in [0.2, 0.25) is 0 Å². The SMILES string of the molecule is FC(F)(F)[C@@H]1C[C@@H](c2ccc3c(c2)OCCO3)Nc2ccnn21. The van der Waals surface area contributed by atoms with Gasteiger partial charge in [-0.15, -0.1) is 0 Å². The van der Waals surface area contributed by atoms with E-state index in [4.69, 9.17) is 9.47 Å². The molecule has 1 aromatic heterocycles. The molecule has 0 amide bonds. The zero-order valence-corrected chi connectivity index (χ0v) is 12.0. The molecule has 0 saturated carbocycles. The number of aromatic nitrogens is 2. The van der Waals surface area contributed by atoms with Crippen LogP contribution in [0.25, 0.3) is 0 Å². The lowest BCUT2D eigenvalue weighted by Crippen LogP contribution is -2.35. The Morgan fingerprint density at radius 2 is 1.91 bits per heavy atom. The van der Waals surface area contributed by atoms with Crippen molar-refractivity contribution in [3.8, 4) is 11.5 Å². The van der Waals surface area contributed by atoms with Gasteiger partial charge in [-0.1, -0.05) is 6.07 Å². The minimum absolute atomic E-state index is 0.127. The number of hydrogen-bond donors (Lipinski definition) is 1. The molecule has 5 nitrogen and oxygen atoms in total. The van der Waals surface area contributed by atoms with Crippen LogP contribution in [0.1, 0.15) is 24.1 Å². The van der Waals surface area contributed by atoms with Gasteiger partial charge in [0.25, 0.3) is 0 Å². The largest absolute Gasteiger partial charge is 0.486 e. The highest BCUT2D eigenvalue weighted by Crippen LogP contribution is 2.44. The molecular formula is C15H14F3N3O2. The van der Waals surface area contributed by atoms with Crippen LogP contribution < -0.4 is 14.8 Å². The quantitative estimate of drug-likeness (QED) is 0.874. The minimum Gasteiger partial charge on any atom is -0.486 e. The number of benzene rings is 1. The first kappa shape index (κ1) is 14.2. The Morgan fingerprint density at radius 3 is 2.70 bits per heavy atom. The van der Waals surface area contributed by atoms with Crippen LogP contribution in [-0.4, -0.2) is 29.2 Å². The molecule has 0 unspecified atom stereocenters. The maximum absolute atomic E-state index is 13.3. The molecule has 1 aromatic carbocycles. The minimum atomic E-state index is -4.35. The molecule has 0 aliphatic carbocycles. The second-order valence-corrected chi connectivity index (χ2v) is 5.55. The van der Waals surface area contributed by atoms with Crippen LogP contribution >= 0.6 is 0 Å². The molecule has 0 radical (unpaired) electrons. The number of rotatable bonds is 1. The number of halogens is 3. The summed E-state index contributed by atoms with van der Waals surface area (Å²) in [6.07, 6.45) is -3.11. The molecule has 3 heterocycles. The van der Waals surface area contributed by atoms with E-state index < -0.39 is 18.3 Å². The first-order chi connectivity index (χ1) is 11.0. The number of fused-ring (bicyclic) bond motifs is 2. The molecule has 8 heteroatoms. The number of nitrogens with one attached hydrogen (secondary N) is 1. The lowest BCUT2D eigenvalue weighted by Gasteiger charge is -2.34. The van der Waals surface area contributed by atoms with Gasteiger partial charge >= 0.3 is 6.18 Å². The van der Waals surface area contributed by atoms with E-state index in [1.165, 1.54) is 6.20 Å². The fourth-order valence-electron chi connectivity index (χ4n) is 3.01. The van der Waals surface area contributed by atoms with Crippen LogP contribution in [0.2, 0.25) is 0 Å². The summed E-state index contributed by atoms with van der Waals surface area (Å²) >= 11 is 0. The average molecular weight is 325 g/mol. The summed E-state index contributed by atoms with van der Waals surface area (Å²) in [6.45, 7) is 0.913. The predicted octanol–water partition coefficient (Wildman–Crippen LogP) is 3.31. The smallest absolute Gasteiger partial charge is 0.410 e. The second-order valence-electron chi connectivity index (χ2n) is 5.55. The van der Waals surface area contributed by atoms with Crippen molar-refractivity contribution in [2.45, 2.75) is 24.7 Å². The standard InChI is InChI=1S/C15H14F3N3O2/c16-15(17,18)13-8-10(20-14-3-4-19-21(13)14)9-1-2-11-12(7-9)23-6-5-22-11/h1-4,7,10,13,20H,5-6,8H2/t10-,13-/m0/s1. The summed E-state index contributed by atoms with van der Waals surface area (Å²) in [4.78, 5) is 0. The van der Waals surface area contributed by atoms with Crippen LogP contribution in [-0.2, 0) is 0 Å². The van der Waals surface area contributed by atoms with Crippen LogP contribution in [0.3, 0.4) is 0 Å². The van der Waals surface area contributed by atoms with Gasteiger partial charge in [-0.25, -0.2) is 4.68 Å².